The van der Waals surface area contributed by atoms with Crippen LogP contribution in [0.15, 0.2) is 43.1 Å². The summed E-state index contributed by atoms with van der Waals surface area (Å²) in [5, 5.41) is 0. The first-order valence-electron chi connectivity index (χ1n) is 5.96. The molecule has 0 aliphatic carbocycles. The van der Waals surface area contributed by atoms with E-state index in [1.165, 1.54) is 0 Å². The molecule has 3 rings (SSSR count). The molecule has 3 aromatic rings. The molecule has 0 bridgehead atoms. The van der Waals surface area contributed by atoms with Gasteiger partial charge in [0, 0.05) is 12.4 Å². The van der Waals surface area contributed by atoms with Crippen LogP contribution in [0.3, 0.4) is 0 Å². The average Bonchev–Trinajstić information content (AvgIpc) is 3.08. The van der Waals surface area contributed by atoms with Crippen LogP contribution in [-0.4, -0.2) is 26.6 Å². The molecule has 0 aliphatic rings. The summed E-state index contributed by atoms with van der Waals surface area (Å²) in [6, 6.07) is 5.97. The summed E-state index contributed by atoms with van der Waals surface area (Å²) in [7, 11) is 1.67. The zero-order chi connectivity index (χ0) is 13.2. The molecule has 5 nitrogen and oxygen atoms in total. The minimum Gasteiger partial charge on any atom is -0.497 e. The van der Waals surface area contributed by atoms with E-state index in [1.54, 1.807) is 25.8 Å². The van der Waals surface area contributed by atoms with Gasteiger partial charge in [-0.2, -0.15) is 0 Å². The van der Waals surface area contributed by atoms with Crippen molar-refractivity contribution in [1.82, 2.24) is 19.5 Å². The van der Waals surface area contributed by atoms with Crippen LogP contribution in [0.2, 0.25) is 0 Å². The van der Waals surface area contributed by atoms with Gasteiger partial charge in [0.1, 0.15) is 11.4 Å². The number of ether oxygens (including phenoxy) is 1. The molecule has 2 aromatic heterocycles. The molecule has 5 heteroatoms. The average molecular weight is 254 g/mol. The molecule has 19 heavy (non-hydrogen) atoms. The van der Waals surface area contributed by atoms with Gasteiger partial charge in [-0.3, -0.25) is 4.57 Å². The monoisotopic (exact) mass is 254 g/mol. The maximum Gasteiger partial charge on any atom is 0.162 e. The summed E-state index contributed by atoms with van der Waals surface area (Å²) in [6.07, 6.45) is 7.12. The number of H-pyrrole nitrogens is 1. The standard InChI is InChI=1S/C14H14N4O/c1-10-7-11(19-2)3-4-13(10)18-6-5-16-14(18)12-8-15-9-17-12/h3-9H,1-2H3,(H,15,17). The maximum absolute atomic E-state index is 5.23. The van der Waals surface area contributed by atoms with Gasteiger partial charge in [-0.1, -0.05) is 0 Å². The number of aromatic amines is 1. The van der Waals surface area contributed by atoms with E-state index in [0.717, 1.165) is 28.5 Å². The van der Waals surface area contributed by atoms with Crippen LogP contribution in [0, 0.1) is 6.92 Å². The fourth-order valence-corrected chi connectivity index (χ4v) is 2.10. The topological polar surface area (TPSA) is 55.7 Å². The summed E-state index contributed by atoms with van der Waals surface area (Å²) in [4.78, 5) is 11.5. The van der Waals surface area contributed by atoms with Crippen molar-refractivity contribution in [2.75, 3.05) is 7.11 Å². The fraction of sp³-hybridized carbons (Fsp3) is 0.143. The highest BCUT2D eigenvalue weighted by molar-refractivity contribution is 5.55. The summed E-state index contributed by atoms with van der Waals surface area (Å²) in [6.45, 7) is 2.05. The third-order valence-corrected chi connectivity index (χ3v) is 3.04. The molecule has 0 atom stereocenters. The lowest BCUT2D eigenvalue weighted by Crippen LogP contribution is -1.99. The van der Waals surface area contributed by atoms with E-state index in [1.807, 2.05) is 29.0 Å². The van der Waals surface area contributed by atoms with Gasteiger partial charge in [0.2, 0.25) is 0 Å². The molecule has 0 fully saturated rings. The van der Waals surface area contributed by atoms with E-state index in [9.17, 15) is 0 Å². The number of methoxy groups -OCH3 is 1. The second-order valence-electron chi connectivity index (χ2n) is 4.24. The maximum atomic E-state index is 5.23. The Kier molecular flexibility index (Phi) is 2.79. The Balaban J connectivity index is 2.11. The predicted molar refractivity (Wildman–Crippen MR) is 72.4 cm³/mol. The van der Waals surface area contributed by atoms with Crippen molar-refractivity contribution < 1.29 is 4.74 Å². The number of rotatable bonds is 3. The van der Waals surface area contributed by atoms with Crippen molar-refractivity contribution >= 4 is 0 Å². The number of hydrogen-bond acceptors (Lipinski definition) is 3. The molecule has 0 radical (unpaired) electrons. The number of aromatic nitrogens is 4. The van der Waals surface area contributed by atoms with Crippen molar-refractivity contribution in [2.24, 2.45) is 0 Å². The Morgan fingerprint density at radius 1 is 1.32 bits per heavy atom. The molecule has 96 valence electrons. The number of benzene rings is 1. The van der Waals surface area contributed by atoms with Crippen LogP contribution in [-0.2, 0) is 0 Å². The molecule has 0 spiro atoms. The minimum atomic E-state index is 0.839. The Labute approximate surface area is 110 Å². The highest BCUT2D eigenvalue weighted by Crippen LogP contribution is 2.24. The van der Waals surface area contributed by atoms with Crippen molar-refractivity contribution in [1.29, 1.82) is 0 Å². The van der Waals surface area contributed by atoms with E-state index < -0.39 is 0 Å². The molecule has 0 unspecified atom stereocenters. The molecule has 0 aliphatic heterocycles. The number of nitrogens with one attached hydrogen (secondary N) is 1. The van der Waals surface area contributed by atoms with E-state index in [0.29, 0.717) is 0 Å². The van der Waals surface area contributed by atoms with Gasteiger partial charge in [0.25, 0.3) is 0 Å². The first-order chi connectivity index (χ1) is 9.29. The van der Waals surface area contributed by atoms with Crippen LogP contribution in [0.5, 0.6) is 5.75 Å². The van der Waals surface area contributed by atoms with Crippen LogP contribution >= 0.6 is 0 Å². The molecule has 1 N–H and O–H groups in total. The zero-order valence-electron chi connectivity index (χ0n) is 10.8. The van der Waals surface area contributed by atoms with Gasteiger partial charge >= 0.3 is 0 Å². The van der Waals surface area contributed by atoms with E-state index in [2.05, 4.69) is 21.9 Å². The summed E-state index contributed by atoms with van der Waals surface area (Å²) < 4.78 is 7.26. The van der Waals surface area contributed by atoms with Crippen LogP contribution < -0.4 is 4.74 Å². The number of hydrogen-bond donors (Lipinski definition) is 1. The molecule has 0 saturated heterocycles. The number of imidazole rings is 2. The second-order valence-corrected chi connectivity index (χ2v) is 4.24. The van der Waals surface area contributed by atoms with Crippen molar-refractivity contribution in [3.63, 3.8) is 0 Å². The van der Waals surface area contributed by atoms with Gasteiger partial charge in [0.15, 0.2) is 5.82 Å². The minimum absolute atomic E-state index is 0.839. The predicted octanol–water partition coefficient (Wildman–Crippen LogP) is 2.58. The molecule has 2 heterocycles. The fourth-order valence-electron chi connectivity index (χ4n) is 2.10. The Morgan fingerprint density at radius 3 is 2.89 bits per heavy atom. The highest BCUT2D eigenvalue weighted by atomic mass is 16.5. The first kappa shape index (κ1) is 11.5. The van der Waals surface area contributed by atoms with Crippen molar-refractivity contribution in [3.8, 4) is 23.0 Å². The summed E-state index contributed by atoms with van der Waals surface area (Å²) in [5.41, 5.74) is 3.08. The van der Waals surface area contributed by atoms with Gasteiger partial charge in [-0.25, -0.2) is 9.97 Å². The van der Waals surface area contributed by atoms with E-state index >= 15 is 0 Å². The molecular formula is C14H14N4O. The van der Waals surface area contributed by atoms with Crippen LogP contribution in [0.25, 0.3) is 17.2 Å². The van der Waals surface area contributed by atoms with Gasteiger partial charge < -0.3 is 9.72 Å². The first-order valence-corrected chi connectivity index (χ1v) is 5.96. The van der Waals surface area contributed by atoms with Gasteiger partial charge in [0.05, 0.1) is 25.3 Å². The Morgan fingerprint density at radius 2 is 2.21 bits per heavy atom. The Bertz CT molecular complexity index is 685. The van der Waals surface area contributed by atoms with E-state index in [4.69, 9.17) is 4.74 Å². The van der Waals surface area contributed by atoms with Crippen LogP contribution in [0.1, 0.15) is 5.56 Å². The molecular weight excluding hydrogens is 240 g/mol. The lowest BCUT2D eigenvalue weighted by atomic mass is 10.2. The largest absolute Gasteiger partial charge is 0.497 e. The molecule has 0 amide bonds. The SMILES string of the molecule is COc1ccc(-n2ccnc2-c2cnc[nH]2)c(C)c1. The third kappa shape index (κ3) is 1.99. The third-order valence-electron chi connectivity index (χ3n) is 3.04. The Hall–Kier alpha value is -2.56. The van der Waals surface area contributed by atoms with E-state index in [-0.39, 0.29) is 0 Å². The smallest absolute Gasteiger partial charge is 0.162 e. The second kappa shape index (κ2) is 4.61. The lowest BCUT2D eigenvalue weighted by molar-refractivity contribution is 0.414. The lowest BCUT2D eigenvalue weighted by Gasteiger charge is -2.11. The number of nitrogens with zero attached hydrogens (tertiary/aromatic N) is 3. The quantitative estimate of drug-likeness (QED) is 0.781. The number of aryl methyl sites for hydroxylation is 1. The summed E-state index contributed by atoms with van der Waals surface area (Å²) >= 11 is 0. The normalized spacial score (nSPS) is 10.6. The van der Waals surface area contributed by atoms with Crippen LogP contribution in [0.4, 0.5) is 0 Å². The summed E-state index contributed by atoms with van der Waals surface area (Å²) in [5.74, 6) is 1.69. The van der Waals surface area contributed by atoms with Gasteiger partial charge in [-0.15, -0.1) is 0 Å². The van der Waals surface area contributed by atoms with Gasteiger partial charge in [-0.05, 0) is 30.7 Å². The zero-order valence-corrected chi connectivity index (χ0v) is 10.8. The highest BCUT2D eigenvalue weighted by Gasteiger charge is 2.10. The molecule has 1 aromatic carbocycles. The molecule has 0 saturated carbocycles. The van der Waals surface area contributed by atoms with Crippen molar-refractivity contribution in [3.05, 3.63) is 48.7 Å². The van der Waals surface area contributed by atoms with Crippen molar-refractivity contribution in [2.45, 2.75) is 6.92 Å².